The summed E-state index contributed by atoms with van der Waals surface area (Å²) in [7, 11) is 0. The number of amides is 2. The van der Waals surface area contributed by atoms with Crippen LogP contribution in [0.5, 0.6) is 0 Å². The Hall–Kier alpha value is -1.54. The lowest BCUT2D eigenvalue weighted by atomic mass is 10.2. The Bertz CT molecular complexity index is 587. The number of hydrogen-bond donors (Lipinski definition) is 1. The van der Waals surface area contributed by atoms with E-state index in [1.807, 2.05) is 18.7 Å². The molecule has 1 N–H and O–H groups in total. The molecule has 134 valence electrons. The Morgan fingerprint density at radius 1 is 1.33 bits per heavy atom. The molecule has 0 atom stereocenters. The fourth-order valence-electron chi connectivity index (χ4n) is 2.40. The third-order valence-electron chi connectivity index (χ3n) is 3.69. The number of rotatable bonds is 3. The molecule has 1 aromatic heterocycles. The molecule has 0 aliphatic carbocycles. The Morgan fingerprint density at radius 3 is 2.46 bits per heavy atom. The molecule has 2 heterocycles. The van der Waals surface area contributed by atoms with Gasteiger partial charge in [-0.25, -0.2) is 4.79 Å². The highest BCUT2D eigenvalue weighted by Gasteiger charge is 2.32. The first-order valence-corrected chi connectivity index (χ1v) is 8.04. The van der Waals surface area contributed by atoms with Crippen LogP contribution < -0.4 is 5.32 Å². The average Bonchev–Trinajstić information content (AvgIpc) is 2.48. The molecule has 1 aliphatic heterocycles. The van der Waals surface area contributed by atoms with Crippen LogP contribution >= 0.6 is 11.6 Å². The van der Waals surface area contributed by atoms with E-state index in [4.69, 9.17) is 11.6 Å². The van der Waals surface area contributed by atoms with Gasteiger partial charge in [0, 0.05) is 45.0 Å². The highest BCUT2D eigenvalue weighted by molar-refractivity contribution is 6.31. The molecule has 1 aliphatic rings. The average molecular weight is 365 g/mol. The summed E-state index contributed by atoms with van der Waals surface area (Å²) in [6.07, 6.45) is -3.65. The largest absolute Gasteiger partial charge is 0.417 e. The summed E-state index contributed by atoms with van der Waals surface area (Å²) in [5.41, 5.74) is -0.448. The topological polar surface area (TPSA) is 48.5 Å². The number of nitrogens with zero attached hydrogens (tertiary/aromatic N) is 3. The van der Waals surface area contributed by atoms with E-state index in [0.29, 0.717) is 38.4 Å². The first-order chi connectivity index (χ1) is 11.2. The number of pyridine rings is 1. The van der Waals surface area contributed by atoms with Gasteiger partial charge in [0.2, 0.25) is 0 Å². The van der Waals surface area contributed by atoms with E-state index in [-0.39, 0.29) is 17.1 Å². The van der Waals surface area contributed by atoms with Gasteiger partial charge in [0.1, 0.15) is 0 Å². The molecule has 1 fully saturated rings. The number of nitrogens with one attached hydrogen (secondary N) is 1. The minimum Gasteiger partial charge on any atom is -0.336 e. The molecular formula is C15H20ClF3N4O. The number of hydrogen-bond acceptors (Lipinski definition) is 3. The van der Waals surface area contributed by atoms with Crippen molar-refractivity contribution in [3.05, 3.63) is 28.5 Å². The number of halogens is 4. The first-order valence-electron chi connectivity index (χ1n) is 7.66. The van der Waals surface area contributed by atoms with Crippen LogP contribution in [0.3, 0.4) is 0 Å². The highest BCUT2D eigenvalue weighted by Crippen LogP contribution is 2.31. The molecule has 0 bridgehead atoms. The van der Waals surface area contributed by atoms with Crippen molar-refractivity contribution >= 4 is 17.6 Å². The summed E-state index contributed by atoms with van der Waals surface area (Å²) < 4.78 is 37.8. The van der Waals surface area contributed by atoms with Gasteiger partial charge in [-0.3, -0.25) is 9.88 Å². The van der Waals surface area contributed by atoms with Gasteiger partial charge in [0.25, 0.3) is 0 Å². The van der Waals surface area contributed by atoms with E-state index >= 15 is 0 Å². The maximum atomic E-state index is 12.6. The molecule has 0 aromatic carbocycles. The van der Waals surface area contributed by atoms with Crippen LogP contribution in [0.4, 0.5) is 18.0 Å². The molecule has 1 aromatic rings. The van der Waals surface area contributed by atoms with Gasteiger partial charge in [0.05, 0.1) is 16.3 Å². The van der Waals surface area contributed by atoms with Crippen molar-refractivity contribution in [1.29, 1.82) is 0 Å². The second kappa shape index (κ2) is 7.57. The lowest BCUT2D eigenvalue weighted by Gasteiger charge is -2.35. The van der Waals surface area contributed by atoms with Crippen LogP contribution in [0, 0.1) is 0 Å². The van der Waals surface area contributed by atoms with Crippen LogP contribution in [0.1, 0.15) is 25.1 Å². The highest BCUT2D eigenvalue weighted by atomic mass is 35.5. The predicted octanol–water partition coefficient (Wildman–Crippen LogP) is 2.99. The van der Waals surface area contributed by atoms with Gasteiger partial charge >= 0.3 is 12.2 Å². The second-order valence-corrected chi connectivity index (χ2v) is 6.42. The van der Waals surface area contributed by atoms with Gasteiger partial charge in [-0.2, -0.15) is 13.2 Å². The summed E-state index contributed by atoms with van der Waals surface area (Å²) in [5, 5.41) is 2.84. The third-order valence-corrected chi connectivity index (χ3v) is 4.02. The maximum absolute atomic E-state index is 12.6. The zero-order valence-electron chi connectivity index (χ0n) is 13.5. The zero-order chi connectivity index (χ0) is 17.9. The van der Waals surface area contributed by atoms with E-state index < -0.39 is 11.7 Å². The number of piperazine rings is 1. The van der Waals surface area contributed by atoms with Crippen molar-refractivity contribution in [3.8, 4) is 0 Å². The molecule has 2 amide bonds. The zero-order valence-corrected chi connectivity index (χ0v) is 14.3. The molecule has 0 spiro atoms. The van der Waals surface area contributed by atoms with Crippen LogP contribution in [-0.4, -0.2) is 53.0 Å². The van der Waals surface area contributed by atoms with Crippen molar-refractivity contribution in [1.82, 2.24) is 20.1 Å². The number of aromatic nitrogens is 1. The lowest BCUT2D eigenvalue weighted by molar-refractivity contribution is -0.137. The smallest absolute Gasteiger partial charge is 0.336 e. The molecule has 0 radical (unpaired) electrons. The third kappa shape index (κ3) is 4.98. The summed E-state index contributed by atoms with van der Waals surface area (Å²) in [6, 6.07) is 0.872. The summed E-state index contributed by atoms with van der Waals surface area (Å²) in [4.78, 5) is 19.5. The van der Waals surface area contributed by atoms with E-state index in [1.165, 1.54) is 0 Å². The Labute approximate surface area is 143 Å². The first kappa shape index (κ1) is 18.8. The molecule has 0 saturated carbocycles. The van der Waals surface area contributed by atoms with Gasteiger partial charge < -0.3 is 10.2 Å². The van der Waals surface area contributed by atoms with Gasteiger partial charge in [-0.15, -0.1) is 0 Å². The molecular weight excluding hydrogens is 345 g/mol. The summed E-state index contributed by atoms with van der Waals surface area (Å²) in [5.74, 6) is 0. The normalized spacial score (nSPS) is 16.5. The lowest BCUT2D eigenvalue weighted by Crippen LogP contribution is -2.52. The van der Waals surface area contributed by atoms with Crippen molar-refractivity contribution in [2.75, 3.05) is 26.2 Å². The van der Waals surface area contributed by atoms with Crippen LogP contribution in [0.2, 0.25) is 5.02 Å². The Balaban J connectivity index is 1.91. The van der Waals surface area contributed by atoms with Crippen molar-refractivity contribution in [3.63, 3.8) is 0 Å². The predicted molar refractivity (Wildman–Crippen MR) is 84.8 cm³/mol. The van der Waals surface area contributed by atoms with Gasteiger partial charge in [0.15, 0.2) is 0 Å². The summed E-state index contributed by atoms with van der Waals surface area (Å²) in [6.45, 7) is 6.48. The molecule has 9 heteroatoms. The monoisotopic (exact) mass is 364 g/mol. The van der Waals surface area contributed by atoms with Crippen LogP contribution in [-0.2, 0) is 12.7 Å². The minimum atomic E-state index is -4.45. The number of urea groups is 1. The standard InChI is InChI=1S/C15H20ClF3N4O/c1-10(2)21-14(24)23-5-3-22(4-6-23)9-13-12(16)7-11(8-20-13)15(17,18)19/h7-8,10H,3-6,9H2,1-2H3,(H,21,24). The second-order valence-electron chi connectivity index (χ2n) is 6.02. The Morgan fingerprint density at radius 2 is 1.96 bits per heavy atom. The van der Waals surface area contributed by atoms with E-state index in [2.05, 4.69) is 10.3 Å². The molecule has 24 heavy (non-hydrogen) atoms. The number of carbonyl (C=O) groups is 1. The van der Waals surface area contributed by atoms with Crippen LogP contribution in [0.15, 0.2) is 12.3 Å². The fourth-order valence-corrected chi connectivity index (χ4v) is 2.62. The number of alkyl halides is 3. The molecule has 2 rings (SSSR count). The van der Waals surface area contributed by atoms with E-state index in [9.17, 15) is 18.0 Å². The van der Waals surface area contributed by atoms with E-state index in [0.717, 1.165) is 12.3 Å². The van der Waals surface area contributed by atoms with Gasteiger partial charge in [-0.1, -0.05) is 11.6 Å². The summed E-state index contributed by atoms with van der Waals surface area (Å²) >= 11 is 5.93. The van der Waals surface area contributed by atoms with Gasteiger partial charge in [-0.05, 0) is 19.9 Å². The SMILES string of the molecule is CC(C)NC(=O)N1CCN(Cc2ncc(C(F)(F)F)cc2Cl)CC1. The minimum absolute atomic E-state index is 0.00445. The van der Waals surface area contributed by atoms with Crippen molar-refractivity contribution in [2.24, 2.45) is 0 Å². The van der Waals surface area contributed by atoms with Crippen molar-refractivity contribution < 1.29 is 18.0 Å². The van der Waals surface area contributed by atoms with Crippen LogP contribution in [0.25, 0.3) is 0 Å². The van der Waals surface area contributed by atoms with Crippen molar-refractivity contribution in [2.45, 2.75) is 32.6 Å². The number of carbonyl (C=O) groups excluding carboxylic acids is 1. The van der Waals surface area contributed by atoms with E-state index in [1.54, 1.807) is 4.90 Å². The fraction of sp³-hybridized carbons (Fsp3) is 0.600. The molecule has 5 nitrogen and oxygen atoms in total. The maximum Gasteiger partial charge on any atom is 0.417 e. The molecule has 1 saturated heterocycles. The Kier molecular flexibility index (Phi) is 5.92. The quantitative estimate of drug-likeness (QED) is 0.897. The molecule has 0 unspecified atom stereocenters.